The number of carbonyl (C=O) groups excluding carboxylic acids is 2. The standard InChI is InChI=1S/C16H17ClN2O3S/c1-19(10-13-7-8-14(17)23-13)16(21)9-18-15(20)11-22-12-5-3-2-4-6-12/h2-8H,9-11H2,1H3,(H,18,20). The molecule has 0 unspecified atom stereocenters. The van der Waals surface area contributed by atoms with Gasteiger partial charge in [0.25, 0.3) is 5.91 Å². The summed E-state index contributed by atoms with van der Waals surface area (Å²) in [4.78, 5) is 26.2. The van der Waals surface area contributed by atoms with Crippen LogP contribution < -0.4 is 10.1 Å². The van der Waals surface area contributed by atoms with E-state index in [2.05, 4.69) is 5.32 Å². The van der Waals surface area contributed by atoms with Crippen molar-refractivity contribution in [3.8, 4) is 5.75 Å². The van der Waals surface area contributed by atoms with Gasteiger partial charge in [0.1, 0.15) is 5.75 Å². The molecular formula is C16H17ClN2O3S. The number of halogens is 1. The molecule has 122 valence electrons. The summed E-state index contributed by atoms with van der Waals surface area (Å²) < 4.78 is 6.00. The Hall–Kier alpha value is -2.05. The molecule has 1 aromatic heterocycles. The summed E-state index contributed by atoms with van der Waals surface area (Å²) in [6.45, 7) is 0.279. The fourth-order valence-electron chi connectivity index (χ4n) is 1.78. The quantitative estimate of drug-likeness (QED) is 0.833. The zero-order valence-corrected chi connectivity index (χ0v) is 14.2. The second-order valence-electron chi connectivity index (χ2n) is 4.83. The molecule has 2 aromatic rings. The molecule has 0 spiro atoms. The number of amides is 2. The molecule has 7 heteroatoms. The van der Waals surface area contributed by atoms with Crippen molar-refractivity contribution in [1.82, 2.24) is 10.2 Å². The Kier molecular flexibility index (Phi) is 6.43. The molecule has 5 nitrogen and oxygen atoms in total. The highest BCUT2D eigenvalue weighted by atomic mass is 35.5. The number of para-hydroxylation sites is 1. The van der Waals surface area contributed by atoms with Crippen molar-refractivity contribution >= 4 is 34.8 Å². The zero-order valence-electron chi connectivity index (χ0n) is 12.6. The lowest BCUT2D eigenvalue weighted by molar-refractivity contribution is -0.132. The molecule has 1 N–H and O–H groups in total. The maximum atomic E-state index is 12.0. The largest absolute Gasteiger partial charge is 0.484 e. The number of hydrogen-bond donors (Lipinski definition) is 1. The Labute approximate surface area is 143 Å². The van der Waals surface area contributed by atoms with Crippen LogP contribution in [0.1, 0.15) is 4.88 Å². The predicted molar refractivity (Wildman–Crippen MR) is 90.7 cm³/mol. The first-order chi connectivity index (χ1) is 11.0. The highest BCUT2D eigenvalue weighted by Gasteiger charge is 2.12. The van der Waals surface area contributed by atoms with Gasteiger partial charge in [0.15, 0.2) is 6.61 Å². The SMILES string of the molecule is CN(Cc1ccc(Cl)s1)C(=O)CNC(=O)COc1ccccc1. The first-order valence-corrected chi connectivity index (χ1v) is 8.17. The van der Waals surface area contributed by atoms with Gasteiger partial charge in [-0.15, -0.1) is 11.3 Å². The molecule has 0 saturated heterocycles. The molecule has 0 fully saturated rings. The average molecular weight is 353 g/mol. The minimum atomic E-state index is -0.338. The average Bonchev–Trinajstić information content (AvgIpc) is 2.96. The highest BCUT2D eigenvalue weighted by Crippen LogP contribution is 2.22. The minimum absolute atomic E-state index is 0.0629. The van der Waals surface area contributed by atoms with Crippen molar-refractivity contribution < 1.29 is 14.3 Å². The van der Waals surface area contributed by atoms with Gasteiger partial charge in [-0.05, 0) is 24.3 Å². The van der Waals surface area contributed by atoms with Crippen LogP contribution >= 0.6 is 22.9 Å². The Bertz CT molecular complexity index is 660. The third-order valence-electron chi connectivity index (χ3n) is 3.00. The lowest BCUT2D eigenvalue weighted by atomic mass is 10.3. The van der Waals surface area contributed by atoms with Crippen LogP contribution in [0.15, 0.2) is 42.5 Å². The van der Waals surface area contributed by atoms with E-state index in [0.717, 1.165) is 4.88 Å². The van der Waals surface area contributed by atoms with Crippen molar-refractivity contribution in [3.05, 3.63) is 51.7 Å². The monoisotopic (exact) mass is 352 g/mol. The van der Waals surface area contributed by atoms with Crippen LogP contribution in [0, 0.1) is 0 Å². The van der Waals surface area contributed by atoms with Gasteiger partial charge in [-0.1, -0.05) is 29.8 Å². The van der Waals surface area contributed by atoms with Gasteiger partial charge in [0, 0.05) is 11.9 Å². The molecule has 2 rings (SSSR count). The van der Waals surface area contributed by atoms with Crippen LogP contribution in [0.25, 0.3) is 0 Å². The summed E-state index contributed by atoms with van der Waals surface area (Å²) in [5.74, 6) is 0.0954. The third kappa shape index (κ3) is 5.92. The van der Waals surface area contributed by atoms with Gasteiger partial charge in [-0.3, -0.25) is 9.59 Å². The fourth-order valence-corrected chi connectivity index (χ4v) is 2.93. The normalized spacial score (nSPS) is 10.2. The number of carbonyl (C=O) groups is 2. The van der Waals surface area contributed by atoms with E-state index in [1.54, 1.807) is 30.1 Å². The molecule has 0 aliphatic rings. The Morgan fingerprint density at radius 1 is 1.22 bits per heavy atom. The molecule has 0 aliphatic heterocycles. The molecule has 23 heavy (non-hydrogen) atoms. The van der Waals surface area contributed by atoms with Crippen LogP contribution in [-0.2, 0) is 16.1 Å². The van der Waals surface area contributed by atoms with Crippen LogP contribution in [-0.4, -0.2) is 36.9 Å². The summed E-state index contributed by atoms with van der Waals surface area (Å²) in [6.07, 6.45) is 0. The molecule has 0 saturated carbocycles. The number of hydrogen-bond acceptors (Lipinski definition) is 4. The lowest BCUT2D eigenvalue weighted by Crippen LogP contribution is -2.39. The summed E-state index contributed by atoms with van der Waals surface area (Å²) in [6, 6.07) is 12.7. The van der Waals surface area contributed by atoms with E-state index in [4.69, 9.17) is 16.3 Å². The number of rotatable bonds is 7. The molecule has 1 aromatic carbocycles. The summed E-state index contributed by atoms with van der Waals surface area (Å²) in [5, 5.41) is 2.55. The number of thiophene rings is 1. The van der Waals surface area contributed by atoms with Crippen LogP contribution in [0.4, 0.5) is 0 Å². The Morgan fingerprint density at radius 3 is 2.61 bits per heavy atom. The van der Waals surface area contributed by atoms with Crippen LogP contribution in [0.3, 0.4) is 0 Å². The Balaban J connectivity index is 1.69. The third-order valence-corrected chi connectivity index (χ3v) is 4.21. The predicted octanol–water partition coefficient (Wildman–Crippen LogP) is 2.56. The van der Waals surface area contributed by atoms with Gasteiger partial charge < -0.3 is 15.0 Å². The molecule has 0 bridgehead atoms. The number of nitrogens with one attached hydrogen (secondary N) is 1. The molecule has 0 aliphatic carbocycles. The van der Waals surface area contributed by atoms with E-state index >= 15 is 0 Å². The summed E-state index contributed by atoms with van der Waals surface area (Å²) >= 11 is 7.28. The first kappa shape index (κ1) is 17.3. The van der Waals surface area contributed by atoms with Crippen molar-refractivity contribution in [1.29, 1.82) is 0 Å². The van der Waals surface area contributed by atoms with Gasteiger partial charge in [0.2, 0.25) is 5.91 Å². The number of benzene rings is 1. The second kappa shape index (κ2) is 8.55. The number of ether oxygens (including phenoxy) is 1. The Morgan fingerprint density at radius 2 is 1.96 bits per heavy atom. The second-order valence-corrected chi connectivity index (χ2v) is 6.63. The summed E-state index contributed by atoms with van der Waals surface area (Å²) in [5.41, 5.74) is 0. The molecule has 0 atom stereocenters. The number of likely N-dealkylation sites (N-methyl/N-ethyl adjacent to an activating group) is 1. The zero-order chi connectivity index (χ0) is 16.7. The maximum absolute atomic E-state index is 12.0. The van der Waals surface area contributed by atoms with Crippen LogP contribution in [0.2, 0.25) is 4.34 Å². The molecule has 1 heterocycles. The summed E-state index contributed by atoms with van der Waals surface area (Å²) in [7, 11) is 1.68. The topological polar surface area (TPSA) is 58.6 Å². The highest BCUT2D eigenvalue weighted by molar-refractivity contribution is 7.16. The molecule has 0 radical (unpaired) electrons. The van der Waals surface area contributed by atoms with Crippen molar-refractivity contribution in [2.45, 2.75) is 6.54 Å². The maximum Gasteiger partial charge on any atom is 0.258 e. The molecule has 2 amide bonds. The van der Waals surface area contributed by atoms with Gasteiger partial charge >= 0.3 is 0 Å². The van der Waals surface area contributed by atoms with E-state index in [9.17, 15) is 9.59 Å². The fraction of sp³-hybridized carbons (Fsp3) is 0.250. The lowest BCUT2D eigenvalue weighted by Gasteiger charge is -2.16. The van der Waals surface area contributed by atoms with Crippen LogP contribution in [0.5, 0.6) is 5.75 Å². The molecular weight excluding hydrogens is 336 g/mol. The first-order valence-electron chi connectivity index (χ1n) is 6.97. The number of nitrogens with zero attached hydrogens (tertiary/aromatic N) is 1. The van der Waals surface area contributed by atoms with E-state index in [-0.39, 0.29) is 25.0 Å². The minimum Gasteiger partial charge on any atom is -0.484 e. The van der Waals surface area contributed by atoms with E-state index in [1.165, 1.54) is 11.3 Å². The van der Waals surface area contributed by atoms with Crippen molar-refractivity contribution in [3.63, 3.8) is 0 Å². The van der Waals surface area contributed by atoms with Gasteiger partial charge in [-0.2, -0.15) is 0 Å². The van der Waals surface area contributed by atoms with E-state index < -0.39 is 0 Å². The smallest absolute Gasteiger partial charge is 0.258 e. The van der Waals surface area contributed by atoms with Gasteiger partial charge in [-0.25, -0.2) is 0 Å². The van der Waals surface area contributed by atoms with Gasteiger partial charge in [0.05, 0.1) is 17.4 Å². The van der Waals surface area contributed by atoms with E-state index in [1.807, 2.05) is 24.3 Å². The van der Waals surface area contributed by atoms with Crippen molar-refractivity contribution in [2.24, 2.45) is 0 Å². The van der Waals surface area contributed by atoms with E-state index in [0.29, 0.717) is 16.6 Å². The van der Waals surface area contributed by atoms with Crippen molar-refractivity contribution in [2.75, 3.05) is 20.2 Å².